The smallest absolute Gasteiger partial charge is 0.254 e. The molecule has 0 N–H and O–H groups in total. The first kappa shape index (κ1) is 23.7. The third-order valence-electron chi connectivity index (χ3n) is 6.52. The number of benzene rings is 2. The second-order valence-electron chi connectivity index (χ2n) is 8.85. The van der Waals surface area contributed by atoms with Crippen LogP contribution in [0.5, 0.6) is 5.75 Å². The Hall–Kier alpha value is -3.41. The standard InChI is InChI=1S/C28H34N4O2/c1-5-26-25(19-22-11-13-23(34-4)14-12-22)27(30-21(3)29-26)31-15-8-16-32(18-17-31)28(33)24-10-7-6-9-20(24)2/h6-7,9-14H,5,8,15-19H2,1-4H3. The first-order chi connectivity index (χ1) is 16.5. The van der Waals surface area contributed by atoms with E-state index < -0.39 is 0 Å². The first-order valence-corrected chi connectivity index (χ1v) is 12.1. The van der Waals surface area contributed by atoms with Crippen molar-refractivity contribution in [1.29, 1.82) is 0 Å². The third kappa shape index (κ3) is 5.22. The van der Waals surface area contributed by atoms with Crippen molar-refractivity contribution in [3.63, 3.8) is 0 Å². The van der Waals surface area contributed by atoms with Gasteiger partial charge >= 0.3 is 0 Å². The van der Waals surface area contributed by atoms with E-state index in [-0.39, 0.29) is 5.91 Å². The van der Waals surface area contributed by atoms with E-state index in [2.05, 4.69) is 24.0 Å². The van der Waals surface area contributed by atoms with E-state index >= 15 is 0 Å². The van der Waals surface area contributed by atoms with Crippen molar-refractivity contribution in [2.75, 3.05) is 38.2 Å². The number of amides is 1. The number of anilines is 1. The van der Waals surface area contributed by atoms with Gasteiger partial charge in [-0.05, 0) is 56.0 Å². The zero-order valence-corrected chi connectivity index (χ0v) is 20.7. The average molecular weight is 459 g/mol. The molecule has 0 aliphatic carbocycles. The Morgan fingerprint density at radius 2 is 1.74 bits per heavy atom. The molecule has 2 aromatic carbocycles. The Morgan fingerprint density at radius 3 is 2.44 bits per heavy atom. The van der Waals surface area contributed by atoms with E-state index in [1.165, 1.54) is 11.1 Å². The van der Waals surface area contributed by atoms with Crippen molar-refractivity contribution in [3.8, 4) is 5.75 Å². The van der Waals surface area contributed by atoms with Gasteiger partial charge in [0.15, 0.2) is 0 Å². The summed E-state index contributed by atoms with van der Waals surface area (Å²) in [6.45, 7) is 9.17. The molecule has 1 saturated heterocycles. The topological polar surface area (TPSA) is 58.6 Å². The molecule has 1 fully saturated rings. The molecule has 0 saturated carbocycles. The van der Waals surface area contributed by atoms with Crippen molar-refractivity contribution >= 4 is 11.7 Å². The lowest BCUT2D eigenvalue weighted by Crippen LogP contribution is -2.36. The lowest BCUT2D eigenvalue weighted by molar-refractivity contribution is 0.0766. The second kappa shape index (κ2) is 10.7. The van der Waals surface area contributed by atoms with Crippen molar-refractivity contribution in [1.82, 2.24) is 14.9 Å². The summed E-state index contributed by atoms with van der Waals surface area (Å²) in [4.78, 5) is 27.2. The van der Waals surface area contributed by atoms with E-state index in [0.29, 0.717) is 6.54 Å². The van der Waals surface area contributed by atoms with Crippen molar-refractivity contribution < 1.29 is 9.53 Å². The van der Waals surface area contributed by atoms with Gasteiger partial charge in [-0.3, -0.25) is 4.79 Å². The third-order valence-corrected chi connectivity index (χ3v) is 6.52. The second-order valence-corrected chi connectivity index (χ2v) is 8.85. The van der Waals surface area contributed by atoms with Crippen LogP contribution >= 0.6 is 0 Å². The number of aryl methyl sites for hydroxylation is 3. The summed E-state index contributed by atoms with van der Waals surface area (Å²) in [5.41, 5.74) is 5.29. The van der Waals surface area contributed by atoms with Crippen LogP contribution in [0.2, 0.25) is 0 Å². The summed E-state index contributed by atoms with van der Waals surface area (Å²) >= 11 is 0. The summed E-state index contributed by atoms with van der Waals surface area (Å²) in [6, 6.07) is 16.0. The van der Waals surface area contributed by atoms with Crippen LogP contribution in [0.25, 0.3) is 0 Å². The molecule has 2 heterocycles. The summed E-state index contributed by atoms with van der Waals surface area (Å²) in [5.74, 6) is 2.77. The molecular formula is C28H34N4O2. The number of hydrogen-bond acceptors (Lipinski definition) is 5. The Kier molecular flexibility index (Phi) is 7.46. The van der Waals surface area contributed by atoms with Gasteiger partial charge < -0.3 is 14.5 Å². The zero-order chi connectivity index (χ0) is 24.1. The maximum Gasteiger partial charge on any atom is 0.254 e. The molecular weight excluding hydrogens is 424 g/mol. The lowest BCUT2D eigenvalue weighted by Gasteiger charge is -2.26. The minimum absolute atomic E-state index is 0.117. The number of carbonyl (C=O) groups excluding carboxylic acids is 1. The largest absolute Gasteiger partial charge is 0.497 e. The molecule has 0 radical (unpaired) electrons. The highest BCUT2D eigenvalue weighted by atomic mass is 16.5. The fourth-order valence-electron chi connectivity index (χ4n) is 4.64. The number of ether oxygens (including phenoxy) is 1. The van der Waals surface area contributed by atoms with Crippen LogP contribution in [0.3, 0.4) is 0 Å². The fourth-order valence-corrected chi connectivity index (χ4v) is 4.64. The Bertz CT molecular complexity index is 1140. The van der Waals surface area contributed by atoms with Crippen LogP contribution in [0, 0.1) is 13.8 Å². The van der Waals surface area contributed by atoms with Gasteiger partial charge in [0.2, 0.25) is 0 Å². The molecule has 0 spiro atoms. The highest BCUT2D eigenvalue weighted by molar-refractivity contribution is 5.95. The van der Waals surface area contributed by atoms with Gasteiger partial charge in [0.05, 0.1) is 7.11 Å². The van der Waals surface area contributed by atoms with E-state index in [9.17, 15) is 4.79 Å². The van der Waals surface area contributed by atoms with Crippen molar-refractivity contribution in [3.05, 3.63) is 82.3 Å². The Balaban J connectivity index is 1.59. The highest BCUT2D eigenvalue weighted by Crippen LogP contribution is 2.27. The van der Waals surface area contributed by atoms with Gasteiger partial charge in [0.1, 0.15) is 17.4 Å². The van der Waals surface area contributed by atoms with Gasteiger partial charge in [-0.15, -0.1) is 0 Å². The van der Waals surface area contributed by atoms with E-state index in [0.717, 1.165) is 73.1 Å². The Labute approximate surface area is 202 Å². The van der Waals surface area contributed by atoms with Crippen LogP contribution in [0.4, 0.5) is 5.82 Å². The van der Waals surface area contributed by atoms with Crippen molar-refractivity contribution in [2.24, 2.45) is 0 Å². The fraction of sp³-hybridized carbons (Fsp3) is 0.393. The number of methoxy groups -OCH3 is 1. The molecule has 6 nitrogen and oxygen atoms in total. The molecule has 3 aromatic rings. The van der Waals surface area contributed by atoms with Gasteiger partial charge in [-0.2, -0.15) is 0 Å². The summed E-state index contributed by atoms with van der Waals surface area (Å²) in [7, 11) is 1.68. The number of aromatic nitrogens is 2. The molecule has 0 atom stereocenters. The van der Waals surface area contributed by atoms with Gasteiger partial charge in [-0.25, -0.2) is 9.97 Å². The molecule has 1 aromatic heterocycles. The lowest BCUT2D eigenvalue weighted by atomic mass is 10.0. The highest BCUT2D eigenvalue weighted by Gasteiger charge is 2.24. The summed E-state index contributed by atoms with van der Waals surface area (Å²) in [5, 5.41) is 0. The molecule has 34 heavy (non-hydrogen) atoms. The predicted octanol–water partition coefficient (Wildman–Crippen LogP) is 4.61. The molecule has 1 aliphatic rings. The zero-order valence-electron chi connectivity index (χ0n) is 20.7. The number of rotatable bonds is 6. The molecule has 178 valence electrons. The molecule has 6 heteroatoms. The quantitative estimate of drug-likeness (QED) is 0.540. The van der Waals surface area contributed by atoms with Gasteiger partial charge in [0, 0.05) is 49.4 Å². The maximum atomic E-state index is 13.2. The Morgan fingerprint density at radius 1 is 0.971 bits per heavy atom. The van der Waals surface area contributed by atoms with E-state index in [1.54, 1.807) is 7.11 Å². The number of nitrogens with zero attached hydrogens (tertiary/aromatic N) is 4. The minimum Gasteiger partial charge on any atom is -0.497 e. The van der Waals surface area contributed by atoms with Crippen LogP contribution in [0.15, 0.2) is 48.5 Å². The molecule has 1 amide bonds. The predicted molar refractivity (Wildman–Crippen MR) is 136 cm³/mol. The van der Waals surface area contributed by atoms with Gasteiger partial charge in [0.25, 0.3) is 5.91 Å². The number of hydrogen-bond donors (Lipinski definition) is 0. The van der Waals surface area contributed by atoms with Crippen LogP contribution in [-0.2, 0) is 12.8 Å². The van der Waals surface area contributed by atoms with E-state index in [4.69, 9.17) is 14.7 Å². The molecule has 1 aliphatic heterocycles. The maximum absolute atomic E-state index is 13.2. The SMILES string of the molecule is CCc1nc(C)nc(N2CCCN(C(=O)c3ccccc3C)CC2)c1Cc1ccc(OC)cc1. The normalized spacial score (nSPS) is 14.1. The average Bonchev–Trinajstić information content (AvgIpc) is 3.11. The van der Waals surface area contributed by atoms with Crippen LogP contribution < -0.4 is 9.64 Å². The van der Waals surface area contributed by atoms with Crippen LogP contribution in [0.1, 0.15) is 51.9 Å². The van der Waals surface area contributed by atoms with Gasteiger partial charge in [-0.1, -0.05) is 37.3 Å². The van der Waals surface area contributed by atoms with Crippen molar-refractivity contribution in [2.45, 2.75) is 40.0 Å². The molecule has 4 rings (SSSR count). The summed E-state index contributed by atoms with van der Waals surface area (Å²) < 4.78 is 5.32. The monoisotopic (exact) mass is 458 g/mol. The minimum atomic E-state index is 0.117. The van der Waals surface area contributed by atoms with Crippen LogP contribution in [-0.4, -0.2) is 54.1 Å². The molecule has 0 unspecified atom stereocenters. The first-order valence-electron chi connectivity index (χ1n) is 12.1. The number of carbonyl (C=O) groups is 1. The molecule has 0 bridgehead atoms. The summed E-state index contributed by atoms with van der Waals surface area (Å²) in [6.07, 6.45) is 2.53. The van der Waals surface area contributed by atoms with E-state index in [1.807, 2.05) is 55.1 Å².